The van der Waals surface area contributed by atoms with Crippen LogP contribution in [0.15, 0.2) is 18.5 Å². The largest absolute Gasteiger partial charge is 0.378 e. The van der Waals surface area contributed by atoms with E-state index >= 15 is 0 Å². The lowest BCUT2D eigenvalue weighted by Gasteiger charge is -2.19. The Morgan fingerprint density at radius 1 is 1.59 bits per heavy atom. The quantitative estimate of drug-likeness (QED) is 0.874. The van der Waals surface area contributed by atoms with Crippen molar-refractivity contribution < 1.29 is 9.13 Å². The van der Waals surface area contributed by atoms with Crippen LogP contribution >= 0.6 is 0 Å². The molecule has 2 rings (SSSR count). The van der Waals surface area contributed by atoms with Gasteiger partial charge in [-0.05, 0) is 37.8 Å². The van der Waals surface area contributed by atoms with Gasteiger partial charge >= 0.3 is 0 Å². The number of hydrogen-bond donors (Lipinski definition) is 1. The van der Waals surface area contributed by atoms with E-state index in [9.17, 15) is 4.39 Å². The normalized spacial score (nSPS) is 26.1. The van der Waals surface area contributed by atoms with Crippen molar-refractivity contribution in [3.8, 4) is 0 Å². The maximum Gasteiger partial charge on any atom is 0.141 e. The lowest BCUT2D eigenvalue weighted by molar-refractivity contribution is 0.105. The van der Waals surface area contributed by atoms with E-state index in [1.165, 1.54) is 12.3 Å². The lowest BCUT2D eigenvalue weighted by atomic mass is 10.0. The fraction of sp³-hybridized carbons (Fsp3) is 0.615. The minimum atomic E-state index is -0.284. The molecule has 17 heavy (non-hydrogen) atoms. The van der Waals surface area contributed by atoms with Crippen molar-refractivity contribution in [1.29, 1.82) is 0 Å². The molecule has 2 heterocycles. The average Bonchev–Trinajstić information content (AvgIpc) is 2.72. The number of pyridine rings is 1. The molecule has 3 atom stereocenters. The summed E-state index contributed by atoms with van der Waals surface area (Å²) < 4.78 is 18.5. The fourth-order valence-corrected chi connectivity index (χ4v) is 2.16. The van der Waals surface area contributed by atoms with Crippen LogP contribution in [-0.2, 0) is 4.74 Å². The molecule has 1 N–H and O–H groups in total. The monoisotopic (exact) mass is 238 g/mol. The fourth-order valence-electron chi connectivity index (χ4n) is 2.16. The van der Waals surface area contributed by atoms with Gasteiger partial charge in [-0.15, -0.1) is 0 Å². The summed E-state index contributed by atoms with van der Waals surface area (Å²) in [6, 6.07) is 1.64. The van der Waals surface area contributed by atoms with E-state index in [4.69, 9.17) is 4.74 Å². The van der Waals surface area contributed by atoms with Gasteiger partial charge in [-0.25, -0.2) is 4.39 Å². The predicted molar refractivity (Wildman–Crippen MR) is 64.1 cm³/mol. The molecule has 0 radical (unpaired) electrons. The summed E-state index contributed by atoms with van der Waals surface area (Å²) in [5.74, 6) is 0.271. The summed E-state index contributed by atoms with van der Waals surface area (Å²) in [4.78, 5) is 3.86. The molecule has 1 aliphatic heterocycles. The van der Waals surface area contributed by atoms with Crippen LogP contribution < -0.4 is 5.32 Å². The second-order valence-electron chi connectivity index (χ2n) is 4.69. The van der Waals surface area contributed by atoms with Crippen molar-refractivity contribution in [1.82, 2.24) is 10.3 Å². The molecule has 1 aromatic rings. The Balaban J connectivity index is 1.86. The third kappa shape index (κ3) is 3.23. The molecule has 0 saturated carbocycles. The number of nitrogens with one attached hydrogen (secondary N) is 1. The van der Waals surface area contributed by atoms with E-state index in [1.807, 2.05) is 6.92 Å². The van der Waals surface area contributed by atoms with Crippen LogP contribution in [0.25, 0.3) is 0 Å². The van der Waals surface area contributed by atoms with Gasteiger partial charge in [0.1, 0.15) is 5.82 Å². The standard InChI is InChI=1S/C13H19FN2O/c1-9(12-5-13(14)8-15-6-12)16-7-11-3-4-17-10(11)2/h5-6,8-11,16H,3-4,7H2,1-2H3. The van der Waals surface area contributed by atoms with Crippen molar-refractivity contribution in [3.05, 3.63) is 29.8 Å². The molecular weight excluding hydrogens is 219 g/mol. The van der Waals surface area contributed by atoms with Crippen LogP contribution in [0.2, 0.25) is 0 Å². The first-order chi connectivity index (χ1) is 8.16. The Labute approximate surface area is 101 Å². The summed E-state index contributed by atoms with van der Waals surface area (Å²) in [7, 11) is 0. The van der Waals surface area contributed by atoms with Gasteiger partial charge in [0.05, 0.1) is 12.3 Å². The van der Waals surface area contributed by atoms with Gasteiger partial charge in [-0.3, -0.25) is 4.98 Å². The molecule has 0 aliphatic carbocycles. The average molecular weight is 238 g/mol. The molecule has 4 heteroatoms. The van der Waals surface area contributed by atoms with Gasteiger partial charge in [-0.2, -0.15) is 0 Å². The van der Waals surface area contributed by atoms with Crippen molar-refractivity contribution in [2.75, 3.05) is 13.2 Å². The first kappa shape index (κ1) is 12.5. The van der Waals surface area contributed by atoms with Gasteiger partial charge in [0, 0.05) is 25.4 Å². The van der Waals surface area contributed by atoms with Crippen molar-refractivity contribution >= 4 is 0 Å². The van der Waals surface area contributed by atoms with Crippen LogP contribution in [0.5, 0.6) is 0 Å². The Morgan fingerprint density at radius 3 is 3.06 bits per heavy atom. The maximum atomic E-state index is 13.0. The van der Waals surface area contributed by atoms with E-state index in [-0.39, 0.29) is 11.9 Å². The topological polar surface area (TPSA) is 34.1 Å². The smallest absolute Gasteiger partial charge is 0.141 e. The Kier molecular flexibility index (Phi) is 4.07. The second-order valence-corrected chi connectivity index (χ2v) is 4.69. The number of halogens is 1. The lowest BCUT2D eigenvalue weighted by Crippen LogP contribution is -2.29. The summed E-state index contributed by atoms with van der Waals surface area (Å²) >= 11 is 0. The SMILES string of the molecule is CC(NCC1CCOC1C)c1cncc(F)c1. The second kappa shape index (κ2) is 5.56. The highest BCUT2D eigenvalue weighted by Crippen LogP contribution is 2.21. The number of rotatable bonds is 4. The van der Waals surface area contributed by atoms with Gasteiger partial charge in [0.2, 0.25) is 0 Å². The minimum Gasteiger partial charge on any atom is -0.378 e. The molecule has 94 valence electrons. The molecule has 1 fully saturated rings. The van der Waals surface area contributed by atoms with Crippen LogP contribution in [0.1, 0.15) is 31.9 Å². The first-order valence-corrected chi connectivity index (χ1v) is 6.12. The predicted octanol–water partition coefficient (Wildman–Crippen LogP) is 2.30. The van der Waals surface area contributed by atoms with Crippen LogP contribution in [-0.4, -0.2) is 24.2 Å². The highest BCUT2D eigenvalue weighted by atomic mass is 19.1. The molecule has 3 unspecified atom stereocenters. The Bertz CT molecular complexity index is 372. The third-order valence-electron chi connectivity index (χ3n) is 3.45. The van der Waals surface area contributed by atoms with E-state index in [2.05, 4.69) is 17.2 Å². The number of aromatic nitrogens is 1. The molecule has 1 saturated heterocycles. The molecule has 0 aromatic carbocycles. The summed E-state index contributed by atoms with van der Waals surface area (Å²) in [6.07, 6.45) is 4.35. The highest BCUT2D eigenvalue weighted by molar-refractivity contribution is 5.14. The zero-order valence-corrected chi connectivity index (χ0v) is 10.3. The summed E-state index contributed by atoms with van der Waals surface area (Å²) in [5.41, 5.74) is 0.886. The van der Waals surface area contributed by atoms with Crippen molar-refractivity contribution in [2.24, 2.45) is 5.92 Å². The Hall–Kier alpha value is -1.00. The molecule has 1 aromatic heterocycles. The van der Waals surface area contributed by atoms with Crippen LogP contribution in [0.4, 0.5) is 4.39 Å². The Morgan fingerprint density at radius 2 is 2.41 bits per heavy atom. The van der Waals surface area contributed by atoms with Crippen LogP contribution in [0, 0.1) is 11.7 Å². The summed E-state index contributed by atoms with van der Waals surface area (Å²) in [5, 5.41) is 3.41. The zero-order chi connectivity index (χ0) is 12.3. The molecule has 3 nitrogen and oxygen atoms in total. The van der Waals surface area contributed by atoms with E-state index in [0.717, 1.165) is 25.1 Å². The number of nitrogens with zero attached hydrogens (tertiary/aromatic N) is 1. The van der Waals surface area contributed by atoms with E-state index < -0.39 is 0 Å². The van der Waals surface area contributed by atoms with E-state index in [1.54, 1.807) is 6.20 Å². The number of ether oxygens (including phenoxy) is 1. The third-order valence-corrected chi connectivity index (χ3v) is 3.45. The highest BCUT2D eigenvalue weighted by Gasteiger charge is 2.24. The first-order valence-electron chi connectivity index (χ1n) is 6.12. The van der Waals surface area contributed by atoms with Gasteiger partial charge < -0.3 is 10.1 Å². The van der Waals surface area contributed by atoms with Crippen molar-refractivity contribution in [2.45, 2.75) is 32.4 Å². The molecular formula is C13H19FN2O. The minimum absolute atomic E-state index is 0.117. The number of hydrogen-bond acceptors (Lipinski definition) is 3. The van der Waals surface area contributed by atoms with Gasteiger partial charge in [-0.1, -0.05) is 0 Å². The summed E-state index contributed by atoms with van der Waals surface area (Å²) in [6.45, 7) is 5.88. The van der Waals surface area contributed by atoms with Crippen molar-refractivity contribution in [3.63, 3.8) is 0 Å². The maximum absolute atomic E-state index is 13.0. The van der Waals surface area contributed by atoms with Gasteiger partial charge in [0.25, 0.3) is 0 Å². The zero-order valence-electron chi connectivity index (χ0n) is 10.3. The molecule has 1 aliphatic rings. The van der Waals surface area contributed by atoms with E-state index in [0.29, 0.717) is 12.0 Å². The van der Waals surface area contributed by atoms with Gasteiger partial charge in [0.15, 0.2) is 0 Å². The van der Waals surface area contributed by atoms with Crippen LogP contribution in [0.3, 0.4) is 0 Å². The molecule has 0 spiro atoms. The molecule has 0 bridgehead atoms. The molecule has 0 amide bonds.